The first-order chi connectivity index (χ1) is 7.15. The Balaban J connectivity index is 2.68. The van der Waals surface area contributed by atoms with E-state index >= 15 is 0 Å². The van der Waals surface area contributed by atoms with Crippen molar-refractivity contribution in [2.24, 2.45) is 5.73 Å². The van der Waals surface area contributed by atoms with Gasteiger partial charge in [0.05, 0.1) is 0 Å². The van der Waals surface area contributed by atoms with Crippen LogP contribution in [0.1, 0.15) is 18.9 Å². The Morgan fingerprint density at radius 1 is 1.47 bits per heavy atom. The van der Waals surface area contributed by atoms with Gasteiger partial charge in [-0.25, -0.2) is 4.39 Å². The molecule has 1 rings (SSSR count). The van der Waals surface area contributed by atoms with Gasteiger partial charge in [-0.05, 0) is 29.7 Å². The third kappa shape index (κ3) is 3.72. The van der Waals surface area contributed by atoms with Crippen molar-refractivity contribution in [1.29, 1.82) is 0 Å². The summed E-state index contributed by atoms with van der Waals surface area (Å²) in [5, 5.41) is 0. The Kier molecular flexibility index (Phi) is 4.31. The molecule has 0 aliphatic rings. The lowest BCUT2D eigenvalue weighted by molar-refractivity contribution is 0.346. The van der Waals surface area contributed by atoms with Crippen LogP contribution in [0.4, 0.5) is 4.39 Å². The molecule has 0 amide bonds. The van der Waals surface area contributed by atoms with Crippen molar-refractivity contribution >= 4 is 0 Å². The first-order valence-corrected chi connectivity index (χ1v) is 4.94. The van der Waals surface area contributed by atoms with E-state index in [9.17, 15) is 4.39 Å². The number of rotatable bonds is 5. The van der Waals surface area contributed by atoms with Crippen LogP contribution in [-0.2, 0) is 6.54 Å². The van der Waals surface area contributed by atoms with Crippen LogP contribution in [0.15, 0.2) is 30.4 Å². The molecule has 1 aromatic rings. The van der Waals surface area contributed by atoms with Crippen molar-refractivity contribution < 1.29 is 9.13 Å². The zero-order valence-electron chi connectivity index (χ0n) is 8.92. The number of hydrogen-bond acceptors (Lipinski definition) is 2. The standard InChI is InChI=1S/C12H16FNO/c1-3-9(2)8-15-12-5-10(7-14)4-11(13)6-12/h4-6H,2-3,7-8,14H2,1H3. The molecule has 0 aliphatic heterocycles. The van der Waals surface area contributed by atoms with Gasteiger partial charge in [0, 0.05) is 12.6 Å². The molecule has 0 saturated heterocycles. The lowest BCUT2D eigenvalue weighted by atomic mass is 10.2. The van der Waals surface area contributed by atoms with Crippen molar-refractivity contribution in [1.82, 2.24) is 0 Å². The maximum absolute atomic E-state index is 13.1. The highest BCUT2D eigenvalue weighted by Gasteiger charge is 2.01. The Morgan fingerprint density at radius 2 is 2.20 bits per heavy atom. The summed E-state index contributed by atoms with van der Waals surface area (Å²) >= 11 is 0. The van der Waals surface area contributed by atoms with Crippen LogP contribution in [0, 0.1) is 5.82 Å². The van der Waals surface area contributed by atoms with E-state index in [2.05, 4.69) is 6.58 Å². The van der Waals surface area contributed by atoms with Crippen molar-refractivity contribution in [3.05, 3.63) is 41.7 Å². The fourth-order valence-corrected chi connectivity index (χ4v) is 1.11. The first kappa shape index (κ1) is 11.7. The van der Waals surface area contributed by atoms with Crippen LogP contribution in [-0.4, -0.2) is 6.61 Å². The molecule has 15 heavy (non-hydrogen) atoms. The fourth-order valence-electron chi connectivity index (χ4n) is 1.11. The second-order valence-electron chi connectivity index (χ2n) is 3.39. The zero-order chi connectivity index (χ0) is 11.3. The summed E-state index contributed by atoms with van der Waals surface area (Å²) in [4.78, 5) is 0. The van der Waals surface area contributed by atoms with Crippen LogP contribution in [0.25, 0.3) is 0 Å². The Morgan fingerprint density at radius 3 is 2.80 bits per heavy atom. The topological polar surface area (TPSA) is 35.2 Å². The van der Waals surface area contributed by atoms with Gasteiger partial charge in [0.25, 0.3) is 0 Å². The molecule has 0 bridgehead atoms. The van der Waals surface area contributed by atoms with E-state index < -0.39 is 0 Å². The predicted molar refractivity (Wildman–Crippen MR) is 59.2 cm³/mol. The average Bonchev–Trinajstić information content (AvgIpc) is 2.25. The van der Waals surface area contributed by atoms with Gasteiger partial charge in [0.15, 0.2) is 0 Å². The fraction of sp³-hybridized carbons (Fsp3) is 0.333. The van der Waals surface area contributed by atoms with E-state index in [0.29, 0.717) is 18.9 Å². The number of nitrogens with two attached hydrogens (primary N) is 1. The molecule has 0 atom stereocenters. The SMILES string of the molecule is C=C(CC)COc1cc(F)cc(CN)c1. The van der Waals surface area contributed by atoms with Crippen LogP contribution >= 0.6 is 0 Å². The molecular formula is C12H16FNO. The Bertz CT molecular complexity index is 349. The normalized spacial score (nSPS) is 10.1. The maximum Gasteiger partial charge on any atom is 0.127 e. The number of benzene rings is 1. The van der Waals surface area contributed by atoms with E-state index in [1.807, 2.05) is 6.92 Å². The van der Waals surface area contributed by atoms with Crippen LogP contribution < -0.4 is 10.5 Å². The molecule has 0 aliphatic carbocycles. The number of ether oxygens (including phenoxy) is 1. The van der Waals surface area contributed by atoms with Crippen molar-refractivity contribution in [2.75, 3.05) is 6.61 Å². The minimum atomic E-state index is -0.324. The largest absolute Gasteiger partial charge is 0.489 e. The lowest BCUT2D eigenvalue weighted by Crippen LogP contribution is -2.02. The predicted octanol–water partition coefficient (Wildman–Crippen LogP) is 2.63. The van der Waals surface area contributed by atoms with Gasteiger partial charge < -0.3 is 10.5 Å². The quantitative estimate of drug-likeness (QED) is 0.756. The van der Waals surface area contributed by atoms with Crippen LogP contribution in [0.5, 0.6) is 5.75 Å². The lowest BCUT2D eigenvalue weighted by Gasteiger charge is -2.08. The third-order valence-electron chi connectivity index (χ3n) is 2.11. The van der Waals surface area contributed by atoms with E-state index in [1.54, 1.807) is 6.07 Å². The van der Waals surface area contributed by atoms with E-state index in [0.717, 1.165) is 17.6 Å². The van der Waals surface area contributed by atoms with Crippen molar-refractivity contribution in [2.45, 2.75) is 19.9 Å². The Hall–Kier alpha value is -1.35. The summed E-state index contributed by atoms with van der Waals surface area (Å²) in [6, 6.07) is 4.50. The molecule has 2 nitrogen and oxygen atoms in total. The smallest absolute Gasteiger partial charge is 0.127 e. The first-order valence-electron chi connectivity index (χ1n) is 4.94. The summed E-state index contributed by atoms with van der Waals surface area (Å²) in [5.74, 6) is 0.181. The minimum absolute atomic E-state index is 0.308. The third-order valence-corrected chi connectivity index (χ3v) is 2.11. The maximum atomic E-state index is 13.1. The molecule has 0 unspecified atom stereocenters. The summed E-state index contributed by atoms with van der Waals surface area (Å²) in [6.07, 6.45) is 0.860. The van der Waals surface area contributed by atoms with E-state index in [-0.39, 0.29) is 5.82 Å². The van der Waals surface area contributed by atoms with E-state index in [4.69, 9.17) is 10.5 Å². The molecule has 0 fully saturated rings. The van der Waals surface area contributed by atoms with Gasteiger partial charge >= 0.3 is 0 Å². The summed E-state index contributed by atoms with van der Waals surface area (Å²) in [5.41, 5.74) is 7.14. The molecular weight excluding hydrogens is 193 g/mol. The second kappa shape index (κ2) is 5.51. The van der Waals surface area contributed by atoms with Gasteiger partial charge in [-0.3, -0.25) is 0 Å². The van der Waals surface area contributed by atoms with Crippen molar-refractivity contribution in [3.8, 4) is 5.75 Å². The number of hydrogen-bond donors (Lipinski definition) is 1. The molecule has 0 aromatic heterocycles. The van der Waals surface area contributed by atoms with Crippen LogP contribution in [0.2, 0.25) is 0 Å². The second-order valence-corrected chi connectivity index (χ2v) is 3.39. The van der Waals surface area contributed by atoms with E-state index in [1.165, 1.54) is 12.1 Å². The summed E-state index contributed by atoms with van der Waals surface area (Å²) in [7, 11) is 0. The van der Waals surface area contributed by atoms with Gasteiger partial charge in [0.2, 0.25) is 0 Å². The molecule has 0 spiro atoms. The minimum Gasteiger partial charge on any atom is -0.489 e. The molecule has 0 radical (unpaired) electrons. The van der Waals surface area contributed by atoms with Crippen LogP contribution in [0.3, 0.4) is 0 Å². The molecule has 82 valence electrons. The number of halogens is 1. The average molecular weight is 209 g/mol. The molecule has 3 heteroatoms. The summed E-state index contributed by atoms with van der Waals surface area (Å²) in [6.45, 7) is 6.54. The van der Waals surface area contributed by atoms with Gasteiger partial charge in [-0.2, -0.15) is 0 Å². The molecule has 0 heterocycles. The molecule has 0 saturated carbocycles. The van der Waals surface area contributed by atoms with Gasteiger partial charge in [-0.15, -0.1) is 0 Å². The van der Waals surface area contributed by atoms with Gasteiger partial charge in [-0.1, -0.05) is 13.5 Å². The highest BCUT2D eigenvalue weighted by Crippen LogP contribution is 2.17. The van der Waals surface area contributed by atoms with Gasteiger partial charge in [0.1, 0.15) is 18.2 Å². The van der Waals surface area contributed by atoms with Crippen molar-refractivity contribution in [3.63, 3.8) is 0 Å². The highest BCUT2D eigenvalue weighted by atomic mass is 19.1. The Labute approximate surface area is 89.6 Å². The molecule has 2 N–H and O–H groups in total. The monoisotopic (exact) mass is 209 g/mol. The zero-order valence-corrected chi connectivity index (χ0v) is 8.92. The molecule has 1 aromatic carbocycles. The highest BCUT2D eigenvalue weighted by molar-refractivity contribution is 5.29. The summed E-state index contributed by atoms with van der Waals surface area (Å²) < 4.78 is 18.4.